The molecule has 0 atom stereocenters. The maximum absolute atomic E-state index is 11.6. The zero-order chi connectivity index (χ0) is 11.8. The molecule has 16 heavy (non-hydrogen) atoms. The summed E-state index contributed by atoms with van der Waals surface area (Å²) in [4.78, 5) is 18.4. The Balaban J connectivity index is 2.48. The molecule has 0 unspecified atom stereocenters. The first-order chi connectivity index (χ1) is 7.52. The second-order valence-electron chi connectivity index (χ2n) is 3.82. The highest BCUT2D eigenvalue weighted by Gasteiger charge is 2.25. The van der Waals surface area contributed by atoms with E-state index in [1.165, 1.54) is 0 Å². The van der Waals surface area contributed by atoms with Crippen LogP contribution in [0, 0.1) is 0 Å². The molecule has 0 radical (unpaired) electrons. The summed E-state index contributed by atoms with van der Waals surface area (Å²) in [5.41, 5.74) is 5.90. The predicted octanol–water partition coefficient (Wildman–Crippen LogP) is -1.26. The van der Waals surface area contributed by atoms with Crippen LogP contribution in [0.1, 0.15) is 17.1 Å². The van der Waals surface area contributed by atoms with Gasteiger partial charge in [0.15, 0.2) is 9.84 Å². The van der Waals surface area contributed by atoms with Gasteiger partial charge in [0.2, 0.25) is 0 Å². The third kappa shape index (κ3) is 2.14. The van der Waals surface area contributed by atoms with Crippen molar-refractivity contribution in [1.29, 1.82) is 0 Å². The zero-order valence-electron chi connectivity index (χ0n) is 8.69. The monoisotopic (exact) mass is 243 g/mol. The molecule has 0 saturated carbocycles. The molecule has 1 aromatic rings. The van der Waals surface area contributed by atoms with Gasteiger partial charge in [0.1, 0.15) is 5.82 Å². The molecule has 7 heteroatoms. The van der Waals surface area contributed by atoms with Crippen LogP contribution in [0.2, 0.25) is 0 Å². The van der Waals surface area contributed by atoms with Crippen molar-refractivity contribution in [3.63, 3.8) is 0 Å². The van der Waals surface area contributed by atoms with Gasteiger partial charge < -0.3 is 10.7 Å². The van der Waals surface area contributed by atoms with E-state index in [1.54, 1.807) is 0 Å². The van der Waals surface area contributed by atoms with Crippen LogP contribution in [-0.2, 0) is 28.4 Å². The van der Waals surface area contributed by atoms with Crippen molar-refractivity contribution in [2.45, 2.75) is 18.6 Å². The summed E-state index contributed by atoms with van der Waals surface area (Å²) >= 11 is 0. The number of H-pyrrole nitrogens is 1. The molecule has 1 aromatic heterocycles. The molecule has 0 aromatic carbocycles. The predicted molar refractivity (Wildman–Crippen MR) is 58.8 cm³/mol. The summed E-state index contributed by atoms with van der Waals surface area (Å²) in [6.07, 6.45) is 0.814. The molecule has 0 fully saturated rings. The summed E-state index contributed by atoms with van der Waals surface area (Å²) in [5.74, 6) is 0.400. The first-order valence-corrected chi connectivity index (χ1v) is 6.85. The smallest absolute Gasteiger partial charge is 0.255 e. The fourth-order valence-electron chi connectivity index (χ4n) is 1.75. The Morgan fingerprint density at radius 1 is 1.44 bits per heavy atom. The molecule has 0 amide bonds. The number of aromatic nitrogens is 2. The Hall–Kier alpha value is -1.21. The summed E-state index contributed by atoms with van der Waals surface area (Å²) in [5, 5.41) is 0. The molecule has 88 valence electrons. The van der Waals surface area contributed by atoms with Crippen LogP contribution in [0.25, 0.3) is 0 Å². The molecule has 2 rings (SSSR count). The van der Waals surface area contributed by atoms with E-state index in [1.807, 2.05) is 0 Å². The van der Waals surface area contributed by atoms with Gasteiger partial charge in [0.05, 0.1) is 22.8 Å². The quantitative estimate of drug-likeness (QED) is 0.674. The topological polar surface area (TPSA) is 106 Å². The van der Waals surface area contributed by atoms with E-state index < -0.39 is 9.84 Å². The number of nitrogens with two attached hydrogens (primary N) is 1. The van der Waals surface area contributed by atoms with E-state index in [9.17, 15) is 13.2 Å². The number of aromatic amines is 1. The molecule has 6 nitrogen and oxygen atoms in total. The minimum atomic E-state index is -3.13. The van der Waals surface area contributed by atoms with Crippen LogP contribution in [0.3, 0.4) is 0 Å². The van der Waals surface area contributed by atoms with E-state index in [0.29, 0.717) is 30.9 Å². The van der Waals surface area contributed by atoms with Crippen molar-refractivity contribution in [3.8, 4) is 0 Å². The van der Waals surface area contributed by atoms with Gasteiger partial charge in [-0.2, -0.15) is 0 Å². The molecule has 0 spiro atoms. The van der Waals surface area contributed by atoms with Gasteiger partial charge in [0.25, 0.3) is 5.56 Å². The average molecular weight is 243 g/mol. The highest BCUT2D eigenvalue weighted by molar-refractivity contribution is 7.90. The molecular weight excluding hydrogens is 230 g/mol. The van der Waals surface area contributed by atoms with E-state index in [0.717, 1.165) is 0 Å². The Morgan fingerprint density at radius 2 is 2.19 bits per heavy atom. The van der Waals surface area contributed by atoms with Crippen LogP contribution in [0.4, 0.5) is 0 Å². The third-order valence-electron chi connectivity index (χ3n) is 2.55. The van der Waals surface area contributed by atoms with Crippen molar-refractivity contribution >= 4 is 9.84 Å². The summed E-state index contributed by atoms with van der Waals surface area (Å²) in [7, 11) is -3.13. The second-order valence-corrected chi connectivity index (χ2v) is 6.00. The molecule has 3 N–H and O–H groups in total. The minimum absolute atomic E-state index is 0.0680. The van der Waals surface area contributed by atoms with Crippen molar-refractivity contribution in [3.05, 3.63) is 27.4 Å². The second kappa shape index (κ2) is 3.99. The molecule has 1 aliphatic heterocycles. The molecule has 0 bridgehead atoms. The summed E-state index contributed by atoms with van der Waals surface area (Å²) < 4.78 is 22.8. The lowest BCUT2D eigenvalue weighted by Crippen LogP contribution is -2.29. The minimum Gasteiger partial charge on any atom is -0.330 e. The van der Waals surface area contributed by atoms with Crippen LogP contribution in [0.15, 0.2) is 4.79 Å². The van der Waals surface area contributed by atoms with Crippen LogP contribution < -0.4 is 11.3 Å². The van der Waals surface area contributed by atoms with Gasteiger partial charge in [-0.3, -0.25) is 4.79 Å². The number of fused-ring (bicyclic) bond motifs is 1. The van der Waals surface area contributed by atoms with E-state index >= 15 is 0 Å². The fourth-order valence-corrected chi connectivity index (χ4v) is 3.14. The van der Waals surface area contributed by atoms with Gasteiger partial charge in [-0.05, 0) is 6.54 Å². The zero-order valence-corrected chi connectivity index (χ0v) is 9.51. The van der Waals surface area contributed by atoms with Crippen molar-refractivity contribution < 1.29 is 8.42 Å². The number of nitrogens with zero attached hydrogens (tertiary/aromatic N) is 1. The Morgan fingerprint density at radius 3 is 2.88 bits per heavy atom. The largest absolute Gasteiger partial charge is 0.330 e. The van der Waals surface area contributed by atoms with Crippen LogP contribution >= 0.6 is 0 Å². The Labute approximate surface area is 92.8 Å². The molecule has 0 saturated heterocycles. The Bertz CT molecular complexity index is 562. The van der Waals surface area contributed by atoms with E-state index in [2.05, 4.69) is 9.97 Å². The maximum atomic E-state index is 11.6. The number of aryl methyl sites for hydroxylation is 1. The highest BCUT2D eigenvalue weighted by atomic mass is 32.2. The molecule has 2 heterocycles. The van der Waals surface area contributed by atoms with Gasteiger partial charge in [-0.25, -0.2) is 13.4 Å². The van der Waals surface area contributed by atoms with Crippen molar-refractivity contribution in [2.75, 3.05) is 12.3 Å². The first kappa shape index (κ1) is 11.3. The highest BCUT2D eigenvalue weighted by Crippen LogP contribution is 2.15. The van der Waals surface area contributed by atoms with Gasteiger partial charge in [0, 0.05) is 12.8 Å². The lowest BCUT2D eigenvalue weighted by molar-refractivity contribution is 0.589. The Kier molecular flexibility index (Phi) is 2.81. The van der Waals surface area contributed by atoms with Gasteiger partial charge in [-0.15, -0.1) is 0 Å². The molecular formula is C9H13N3O3S. The van der Waals surface area contributed by atoms with E-state index in [4.69, 9.17) is 5.73 Å². The summed E-state index contributed by atoms with van der Waals surface area (Å²) in [6, 6.07) is 0. The molecule has 0 aliphatic carbocycles. The number of sulfone groups is 1. The standard InChI is InChI=1S/C9H13N3O3S/c10-3-1-8-11-7-2-4-16(14,15)5-6(7)9(13)12-8/h1-5,10H2,(H,11,12,13). The number of hydrogen-bond acceptors (Lipinski definition) is 5. The van der Waals surface area contributed by atoms with Crippen molar-refractivity contribution in [2.24, 2.45) is 5.73 Å². The first-order valence-electron chi connectivity index (χ1n) is 5.03. The number of nitrogens with one attached hydrogen (secondary N) is 1. The van der Waals surface area contributed by atoms with Crippen LogP contribution in [-0.4, -0.2) is 30.7 Å². The lowest BCUT2D eigenvalue weighted by atomic mass is 10.2. The average Bonchev–Trinajstić information content (AvgIpc) is 2.19. The lowest BCUT2D eigenvalue weighted by Gasteiger charge is -2.15. The summed E-state index contributed by atoms with van der Waals surface area (Å²) in [6.45, 7) is 0.403. The normalized spacial score (nSPS) is 18.1. The van der Waals surface area contributed by atoms with Gasteiger partial charge >= 0.3 is 0 Å². The van der Waals surface area contributed by atoms with Crippen molar-refractivity contribution in [1.82, 2.24) is 9.97 Å². The fraction of sp³-hybridized carbons (Fsp3) is 0.556. The SMILES string of the molecule is NCCc1nc2c(c(=O)[nH]1)CS(=O)(=O)CC2. The van der Waals surface area contributed by atoms with Gasteiger partial charge in [-0.1, -0.05) is 0 Å². The number of hydrogen-bond donors (Lipinski definition) is 2. The number of rotatable bonds is 2. The van der Waals surface area contributed by atoms with Crippen LogP contribution in [0.5, 0.6) is 0 Å². The maximum Gasteiger partial charge on any atom is 0.255 e. The van der Waals surface area contributed by atoms with E-state index in [-0.39, 0.29) is 22.6 Å². The molecule has 1 aliphatic rings. The third-order valence-corrected chi connectivity index (χ3v) is 4.10.